The number of halogens is 5. The Morgan fingerprint density at radius 1 is 1.19 bits per heavy atom. The van der Waals surface area contributed by atoms with Crippen molar-refractivity contribution < 1.29 is 27.5 Å². The summed E-state index contributed by atoms with van der Waals surface area (Å²) in [5, 5.41) is 13.9. The summed E-state index contributed by atoms with van der Waals surface area (Å²) in [6, 6.07) is 3.91. The lowest BCUT2D eigenvalue weighted by atomic mass is 9.91. The maximum atomic E-state index is 13.5. The zero-order chi connectivity index (χ0) is 26.0. The summed E-state index contributed by atoms with van der Waals surface area (Å²) in [5.41, 5.74) is -0.996. The number of carbonyl (C=O) groups is 1. The van der Waals surface area contributed by atoms with Crippen molar-refractivity contribution in [2.24, 2.45) is 25.9 Å². The monoisotopic (exact) mass is 525 g/mol. The van der Waals surface area contributed by atoms with Gasteiger partial charge in [-0.3, -0.25) is 4.79 Å². The summed E-state index contributed by atoms with van der Waals surface area (Å²) in [7, 11) is 2.98. The van der Waals surface area contributed by atoms with Crippen LogP contribution in [0.2, 0.25) is 5.02 Å². The fourth-order valence-corrected chi connectivity index (χ4v) is 6.14. The fourth-order valence-electron chi connectivity index (χ4n) is 5.96. The lowest BCUT2D eigenvalue weighted by Gasteiger charge is -2.25. The third-order valence-corrected chi connectivity index (χ3v) is 7.77. The molecule has 0 aliphatic heterocycles. The van der Waals surface area contributed by atoms with Crippen molar-refractivity contribution in [3.8, 4) is 0 Å². The van der Waals surface area contributed by atoms with Crippen LogP contribution in [0, 0.1) is 17.7 Å². The highest BCUT2D eigenvalue weighted by Crippen LogP contribution is 2.56. The summed E-state index contributed by atoms with van der Waals surface area (Å²) < 4.78 is 55.7. The van der Waals surface area contributed by atoms with E-state index in [1.165, 1.54) is 25.2 Å². The first kappa shape index (κ1) is 24.8. The Kier molecular flexibility index (Phi) is 5.90. The van der Waals surface area contributed by atoms with Crippen molar-refractivity contribution in [2.45, 2.75) is 43.4 Å². The van der Waals surface area contributed by atoms with Gasteiger partial charge in [0.2, 0.25) is 0 Å². The maximum Gasteiger partial charge on any atom is 0.432 e. The molecule has 12 heteroatoms. The number of nitrogens with one attached hydrogen (secondary N) is 1. The second-order valence-corrected chi connectivity index (χ2v) is 10.2. The molecule has 2 aromatic heterocycles. The number of rotatable bonds is 4. The van der Waals surface area contributed by atoms with Crippen molar-refractivity contribution in [1.29, 1.82) is 0 Å². The van der Waals surface area contributed by atoms with E-state index < -0.39 is 29.2 Å². The van der Waals surface area contributed by atoms with Gasteiger partial charge in [0.15, 0.2) is 0 Å². The number of imidazole rings is 2. The van der Waals surface area contributed by atoms with E-state index in [0.717, 1.165) is 10.8 Å². The van der Waals surface area contributed by atoms with Gasteiger partial charge in [0.25, 0.3) is 5.91 Å². The highest BCUT2D eigenvalue weighted by Gasteiger charge is 2.53. The van der Waals surface area contributed by atoms with E-state index in [-0.39, 0.29) is 28.6 Å². The van der Waals surface area contributed by atoms with Crippen LogP contribution in [0.15, 0.2) is 30.7 Å². The van der Waals surface area contributed by atoms with Crippen molar-refractivity contribution in [3.63, 3.8) is 0 Å². The van der Waals surface area contributed by atoms with E-state index in [9.17, 15) is 27.5 Å². The molecular formula is C24H24ClF4N5O2. The molecule has 0 bridgehead atoms. The van der Waals surface area contributed by atoms with Gasteiger partial charge in [-0.1, -0.05) is 11.6 Å². The quantitative estimate of drug-likeness (QED) is 0.469. The first-order valence-corrected chi connectivity index (χ1v) is 11.8. The van der Waals surface area contributed by atoms with Crippen LogP contribution in [0.1, 0.15) is 59.3 Å². The third kappa shape index (κ3) is 4.17. The molecule has 0 saturated heterocycles. The molecular weight excluding hydrogens is 502 g/mol. The van der Waals surface area contributed by atoms with Crippen LogP contribution < -0.4 is 5.32 Å². The summed E-state index contributed by atoms with van der Waals surface area (Å²) >= 11 is 5.82. The number of carbonyl (C=O) groups excluding carboxylic acids is 1. The van der Waals surface area contributed by atoms with E-state index in [0.29, 0.717) is 42.8 Å². The number of aromatic nitrogens is 4. The predicted molar refractivity (Wildman–Crippen MR) is 123 cm³/mol. The Hall–Kier alpha value is -2.92. The summed E-state index contributed by atoms with van der Waals surface area (Å²) in [5.74, 6) is -0.908. The number of amides is 1. The van der Waals surface area contributed by atoms with Crippen molar-refractivity contribution in [1.82, 2.24) is 19.1 Å². The fraction of sp³-hybridized carbons (Fsp3) is 0.458. The Balaban J connectivity index is 1.32. The largest absolute Gasteiger partial charge is 0.432 e. The Morgan fingerprint density at radius 3 is 2.44 bits per heavy atom. The number of aryl methyl sites for hydroxylation is 1. The Morgan fingerprint density at radius 2 is 1.86 bits per heavy atom. The van der Waals surface area contributed by atoms with Gasteiger partial charge in [-0.25, -0.2) is 14.4 Å². The molecule has 2 atom stereocenters. The summed E-state index contributed by atoms with van der Waals surface area (Å²) in [4.78, 5) is 21.5. The zero-order valence-electron chi connectivity index (χ0n) is 19.5. The van der Waals surface area contributed by atoms with Gasteiger partial charge in [0.1, 0.15) is 28.6 Å². The molecule has 5 rings (SSSR count). The topological polar surface area (TPSA) is 85.0 Å². The van der Waals surface area contributed by atoms with E-state index in [2.05, 4.69) is 15.3 Å². The minimum absolute atomic E-state index is 0.0247. The number of anilines is 1. The number of hydrogen-bond donors (Lipinski definition) is 2. The molecule has 2 saturated carbocycles. The molecule has 2 fully saturated rings. The molecule has 0 radical (unpaired) electrons. The third-order valence-electron chi connectivity index (χ3n) is 7.48. The average Bonchev–Trinajstić information content (AvgIpc) is 3.52. The van der Waals surface area contributed by atoms with Crippen molar-refractivity contribution in [2.75, 3.05) is 5.32 Å². The number of hydrogen-bond acceptors (Lipinski definition) is 4. The van der Waals surface area contributed by atoms with E-state index in [1.54, 1.807) is 17.9 Å². The molecule has 1 aromatic carbocycles. The van der Waals surface area contributed by atoms with Gasteiger partial charge in [0, 0.05) is 25.7 Å². The van der Waals surface area contributed by atoms with Gasteiger partial charge in [-0.15, -0.1) is 0 Å². The van der Waals surface area contributed by atoms with Crippen LogP contribution in [0.25, 0.3) is 0 Å². The van der Waals surface area contributed by atoms with Gasteiger partial charge >= 0.3 is 6.18 Å². The molecule has 2 N–H and O–H groups in total. The standard InChI is InChI=1S/C24H24ClF4N5O2/c1-33-11-31-19(20(33)21(35)32-15-3-4-17(26)16(25)7-15)12-5-13-8-23(36,9-14(13)6-12)22-30-10-18(34(22)2)24(27,28)29/h3-4,7,10-14,36H,5-6,8-9H2,1-2H3,(H,32,35). The highest BCUT2D eigenvalue weighted by atomic mass is 35.5. The molecule has 1 amide bonds. The number of benzene rings is 1. The van der Waals surface area contributed by atoms with Gasteiger partial charge < -0.3 is 19.6 Å². The predicted octanol–water partition coefficient (Wildman–Crippen LogP) is 5.01. The summed E-state index contributed by atoms with van der Waals surface area (Å²) in [6.45, 7) is 0. The van der Waals surface area contributed by atoms with Crippen molar-refractivity contribution in [3.05, 3.63) is 64.5 Å². The Labute approximate surface area is 209 Å². The second kappa shape index (κ2) is 8.58. The van der Waals surface area contributed by atoms with Gasteiger partial charge in [0.05, 0.1) is 23.2 Å². The molecule has 2 aliphatic rings. The van der Waals surface area contributed by atoms with Crippen LogP contribution in [0.5, 0.6) is 0 Å². The maximum absolute atomic E-state index is 13.5. The molecule has 36 heavy (non-hydrogen) atoms. The Bertz CT molecular complexity index is 1320. The zero-order valence-corrected chi connectivity index (χ0v) is 20.2. The van der Waals surface area contributed by atoms with Gasteiger partial charge in [-0.05, 0) is 55.7 Å². The van der Waals surface area contributed by atoms with Crippen LogP contribution in [0.3, 0.4) is 0 Å². The molecule has 7 nitrogen and oxygen atoms in total. The van der Waals surface area contributed by atoms with Crippen LogP contribution in [-0.2, 0) is 25.9 Å². The lowest BCUT2D eigenvalue weighted by molar-refractivity contribution is -0.143. The molecule has 2 heterocycles. The van der Waals surface area contributed by atoms with E-state index in [1.807, 2.05) is 0 Å². The first-order chi connectivity index (χ1) is 16.9. The van der Waals surface area contributed by atoms with Crippen LogP contribution in [-0.4, -0.2) is 30.1 Å². The second-order valence-electron chi connectivity index (χ2n) is 9.82. The van der Waals surface area contributed by atoms with Crippen molar-refractivity contribution >= 4 is 23.2 Å². The smallest absolute Gasteiger partial charge is 0.382 e. The number of alkyl halides is 3. The minimum atomic E-state index is -4.55. The molecule has 192 valence electrons. The number of aliphatic hydroxyl groups is 1. The molecule has 2 aliphatic carbocycles. The molecule has 2 unspecified atom stereocenters. The lowest BCUT2D eigenvalue weighted by Crippen LogP contribution is -2.28. The highest BCUT2D eigenvalue weighted by molar-refractivity contribution is 6.31. The SMILES string of the molecule is Cn1cnc(C2CC3CC(O)(c4ncc(C(F)(F)F)n4C)CC3C2)c1C(=O)Nc1ccc(F)c(Cl)c1. The summed E-state index contributed by atoms with van der Waals surface area (Å²) in [6.07, 6.45) is -0.370. The first-order valence-electron chi connectivity index (χ1n) is 11.5. The average molecular weight is 526 g/mol. The van der Waals surface area contributed by atoms with E-state index in [4.69, 9.17) is 11.6 Å². The van der Waals surface area contributed by atoms with Crippen LogP contribution >= 0.6 is 11.6 Å². The molecule has 0 spiro atoms. The minimum Gasteiger partial charge on any atom is -0.382 e. The van der Waals surface area contributed by atoms with Crippen LogP contribution in [0.4, 0.5) is 23.2 Å². The molecule has 3 aromatic rings. The van der Waals surface area contributed by atoms with E-state index >= 15 is 0 Å². The van der Waals surface area contributed by atoms with Gasteiger partial charge in [-0.2, -0.15) is 13.2 Å². The normalized spacial score (nSPS) is 25.8. The number of fused-ring (bicyclic) bond motifs is 1. The number of nitrogens with zero attached hydrogens (tertiary/aromatic N) is 4.